The highest BCUT2D eigenvalue weighted by molar-refractivity contribution is 7.92. The van der Waals surface area contributed by atoms with Gasteiger partial charge in [0.2, 0.25) is 33.7 Å². The highest BCUT2D eigenvalue weighted by Gasteiger charge is 2.44. The Hall–Kier alpha value is -6.36. The SMILES string of the molecule is Cc1ncsc1-c1ccc(CNC(=O)[C@@H]2C[C@@H](O)CN2C(=O)[C@@H](NC(=O)COCCOc2ccc(Nc3ncc(C(F)(F)F)c(NCc4cccc(N(C)S(C)(=O)=O)c4)n3)cc2)C(C)(C)C)cc1. The van der Waals surface area contributed by atoms with Gasteiger partial charge in [0, 0.05) is 45.0 Å². The molecule has 0 spiro atoms. The summed E-state index contributed by atoms with van der Waals surface area (Å²) in [5, 5.41) is 21.8. The molecule has 3 aromatic carbocycles. The monoisotopic (exact) mass is 981 g/mol. The van der Waals surface area contributed by atoms with Gasteiger partial charge in [-0.05, 0) is 65.4 Å². The molecule has 2 aromatic heterocycles. The van der Waals surface area contributed by atoms with Crippen molar-refractivity contribution >= 4 is 62.2 Å². The van der Waals surface area contributed by atoms with Crippen molar-refractivity contribution in [2.24, 2.45) is 5.41 Å². The van der Waals surface area contributed by atoms with E-state index in [4.69, 9.17) is 9.47 Å². The Balaban J connectivity index is 0.961. The number of anilines is 4. The zero-order valence-electron chi connectivity index (χ0n) is 38.3. The average Bonchev–Trinajstić information content (AvgIpc) is 3.90. The number of halogens is 3. The number of aliphatic hydroxyl groups is 1. The van der Waals surface area contributed by atoms with Crippen LogP contribution in [0.5, 0.6) is 5.75 Å². The van der Waals surface area contributed by atoms with E-state index in [2.05, 4.69) is 36.2 Å². The van der Waals surface area contributed by atoms with Crippen LogP contribution < -0.4 is 30.3 Å². The van der Waals surface area contributed by atoms with Crippen LogP contribution in [0.15, 0.2) is 84.5 Å². The molecule has 0 aliphatic carbocycles. The molecule has 0 unspecified atom stereocenters. The van der Waals surface area contributed by atoms with Crippen LogP contribution in [-0.2, 0) is 48.4 Å². The quantitative estimate of drug-likeness (QED) is 0.0612. The van der Waals surface area contributed by atoms with Crippen molar-refractivity contribution in [3.05, 3.63) is 107 Å². The highest BCUT2D eigenvalue weighted by Crippen LogP contribution is 2.35. The molecule has 1 saturated heterocycles. The summed E-state index contributed by atoms with van der Waals surface area (Å²) >= 11 is 1.55. The lowest BCUT2D eigenvalue weighted by atomic mass is 9.85. The summed E-state index contributed by atoms with van der Waals surface area (Å²) in [5.41, 5.74) is 4.05. The van der Waals surface area contributed by atoms with Gasteiger partial charge in [0.25, 0.3) is 0 Å². The molecule has 0 saturated carbocycles. The predicted octanol–water partition coefficient (Wildman–Crippen LogP) is 5.88. The van der Waals surface area contributed by atoms with E-state index < -0.39 is 75.5 Å². The molecule has 1 aliphatic heterocycles. The van der Waals surface area contributed by atoms with Crippen LogP contribution >= 0.6 is 11.3 Å². The van der Waals surface area contributed by atoms with E-state index in [1.165, 1.54) is 18.0 Å². The lowest BCUT2D eigenvalue weighted by molar-refractivity contribution is -0.144. The highest BCUT2D eigenvalue weighted by atomic mass is 32.2. The summed E-state index contributed by atoms with van der Waals surface area (Å²) in [6.45, 7) is 7.00. The van der Waals surface area contributed by atoms with Crippen LogP contribution in [0.25, 0.3) is 10.4 Å². The third-order valence-corrected chi connectivity index (χ3v) is 13.1. The van der Waals surface area contributed by atoms with Crippen molar-refractivity contribution in [1.29, 1.82) is 0 Å². The van der Waals surface area contributed by atoms with E-state index in [1.807, 2.05) is 31.2 Å². The summed E-state index contributed by atoms with van der Waals surface area (Å²) < 4.78 is 77.9. The topological polar surface area (TPSA) is 217 Å². The molecule has 22 heteroatoms. The summed E-state index contributed by atoms with van der Waals surface area (Å²) in [4.78, 5) is 55.1. The molecule has 3 amide bonds. The number of aryl methyl sites for hydroxylation is 1. The molecule has 3 heterocycles. The lowest BCUT2D eigenvalue weighted by Crippen LogP contribution is -2.58. The van der Waals surface area contributed by atoms with Crippen LogP contribution in [0, 0.1) is 12.3 Å². The van der Waals surface area contributed by atoms with Crippen molar-refractivity contribution in [3.63, 3.8) is 0 Å². The second-order valence-corrected chi connectivity index (χ2v) is 20.1. The molecule has 68 heavy (non-hydrogen) atoms. The average molecular weight is 982 g/mol. The van der Waals surface area contributed by atoms with Crippen LogP contribution in [0.3, 0.4) is 0 Å². The van der Waals surface area contributed by atoms with Gasteiger partial charge in [0.1, 0.15) is 42.4 Å². The fraction of sp³-hybridized carbons (Fsp3) is 0.391. The zero-order valence-corrected chi connectivity index (χ0v) is 39.9. The Bertz CT molecular complexity index is 2660. The first-order valence-electron chi connectivity index (χ1n) is 21.4. The van der Waals surface area contributed by atoms with Gasteiger partial charge >= 0.3 is 6.18 Å². The number of sulfonamides is 1. The maximum absolute atomic E-state index is 14.0. The molecule has 3 atom stereocenters. The first-order valence-corrected chi connectivity index (χ1v) is 24.1. The number of likely N-dealkylation sites (tertiary alicyclic amines) is 1. The van der Waals surface area contributed by atoms with Gasteiger partial charge in [-0.1, -0.05) is 57.2 Å². The van der Waals surface area contributed by atoms with E-state index in [0.29, 0.717) is 28.9 Å². The van der Waals surface area contributed by atoms with E-state index in [0.717, 1.165) is 32.3 Å². The minimum Gasteiger partial charge on any atom is -0.491 e. The minimum absolute atomic E-state index is 0.00357. The van der Waals surface area contributed by atoms with E-state index in [-0.39, 0.29) is 45.2 Å². The standard InChI is InChI=1S/C46H54F3N9O8S2/c1-28-39(67-27-53-28)31-12-10-29(11-13-31)22-51-42(61)37-21-34(59)25-58(37)43(62)40(45(2,3)4)55-38(60)26-65-18-19-66-35-16-14-32(15-17-35)54-44-52-24-36(46(47,48)49)41(56-44)50-23-30-8-7-9-33(20-30)57(5)68(6,63)64/h7-17,20,24,27,34,37,40,59H,18-19,21-23,25-26H2,1-6H3,(H,51,61)(H,55,60)(H2,50,52,54,56)/t34-,37+,40-/m1/s1. The molecule has 1 aliphatic rings. The Morgan fingerprint density at radius 1 is 0.985 bits per heavy atom. The van der Waals surface area contributed by atoms with E-state index >= 15 is 0 Å². The number of aliphatic hydroxyl groups excluding tert-OH is 1. The number of ether oxygens (including phenoxy) is 2. The first kappa shape index (κ1) is 51.0. The zero-order chi connectivity index (χ0) is 49.4. The molecule has 6 rings (SSSR count). The van der Waals surface area contributed by atoms with Gasteiger partial charge in [-0.15, -0.1) is 11.3 Å². The third kappa shape index (κ3) is 13.6. The number of benzene rings is 3. The van der Waals surface area contributed by atoms with Gasteiger partial charge in [0.15, 0.2) is 0 Å². The first-order chi connectivity index (χ1) is 32.1. The number of thiazole rings is 1. The number of aromatic nitrogens is 3. The van der Waals surface area contributed by atoms with Gasteiger partial charge in [-0.25, -0.2) is 18.4 Å². The number of nitrogens with one attached hydrogen (secondary N) is 4. The molecular formula is C46H54F3N9O8S2. The summed E-state index contributed by atoms with van der Waals surface area (Å²) in [5.74, 6) is -1.67. The number of hydrogen-bond acceptors (Lipinski definition) is 14. The summed E-state index contributed by atoms with van der Waals surface area (Å²) in [6, 6.07) is 18.5. The maximum Gasteiger partial charge on any atom is 0.421 e. The number of rotatable bonds is 19. The van der Waals surface area contributed by atoms with Gasteiger partial charge in [0.05, 0.1) is 40.7 Å². The Morgan fingerprint density at radius 2 is 1.71 bits per heavy atom. The van der Waals surface area contributed by atoms with Gasteiger partial charge < -0.3 is 40.7 Å². The molecule has 17 nitrogen and oxygen atoms in total. The number of alkyl halides is 3. The van der Waals surface area contributed by atoms with Crippen molar-refractivity contribution in [2.45, 2.75) is 71.6 Å². The number of β-amino-alcohol motifs (C(OH)–C–C–N with tert-alkyl or cyclic N) is 1. The summed E-state index contributed by atoms with van der Waals surface area (Å²) in [7, 11) is -2.18. The van der Waals surface area contributed by atoms with E-state index in [1.54, 1.807) is 80.1 Å². The molecule has 5 N–H and O–H groups in total. The molecule has 1 fully saturated rings. The van der Waals surface area contributed by atoms with Crippen molar-refractivity contribution in [1.82, 2.24) is 30.5 Å². The predicted molar refractivity (Wildman–Crippen MR) is 252 cm³/mol. The van der Waals surface area contributed by atoms with Crippen molar-refractivity contribution in [3.8, 4) is 16.2 Å². The number of carbonyl (C=O) groups excluding carboxylic acids is 3. The molecule has 0 bridgehead atoms. The Labute approximate surface area is 396 Å². The second kappa shape index (κ2) is 21.7. The van der Waals surface area contributed by atoms with Crippen LogP contribution in [-0.4, -0.2) is 109 Å². The number of amides is 3. The normalized spacial score (nSPS) is 15.6. The Morgan fingerprint density at radius 3 is 2.35 bits per heavy atom. The number of nitrogens with zero attached hydrogens (tertiary/aromatic N) is 5. The van der Waals surface area contributed by atoms with Gasteiger partial charge in [-0.2, -0.15) is 18.2 Å². The van der Waals surface area contributed by atoms with Crippen molar-refractivity contribution in [2.75, 3.05) is 54.6 Å². The van der Waals surface area contributed by atoms with Crippen molar-refractivity contribution < 1.29 is 50.6 Å². The maximum atomic E-state index is 14.0. The Kier molecular flexibility index (Phi) is 16.3. The smallest absolute Gasteiger partial charge is 0.421 e. The molecule has 364 valence electrons. The van der Waals surface area contributed by atoms with Crippen LogP contribution in [0.1, 0.15) is 49.6 Å². The largest absolute Gasteiger partial charge is 0.491 e. The fourth-order valence-corrected chi connectivity index (χ4v) is 8.46. The molecule has 0 radical (unpaired) electrons. The lowest BCUT2D eigenvalue weighted by Gasteiger charge is -2.35. The van der Waals surface area contributed by atoms with E-state index in [9.17, 15) is 41.1 Å². The van der Waals surface area contributed by atoms with Crippen LogP contribution in [0.4, 0.5) is 36.3 Å². The van der Waals surface area contributed by atoms with Crippen LogP contribution in [0.2, 0.25) is 0 Å². The second-order valence-electron chi connectivity index (χ2n) is 17.2. The summed E-state index contributed by atoms with van der Waals surface area (Å²) in [6.07, 6.45) is -3.93. The number of hydrogen-bond donors (Lipinski definition) is 5. The fourth-order valence-electron chi connectivity index (χ4n) is 7.15. The third-order valence-electron chi connectivity index (χ3n) is 10.9. The minimum atomic E-state index is -4.76. The number of carbonyl (C=O) groups is 3. The van der Waals surface area contributed by atoms with Gasteiger partial charge in [-0.3, -0.25) is 18.7 Å². The molecule has 5 aromatic rings. The molecular weight excluding hydrogens is 928 g/mol.